The van der Waals surface area contributed by atoms with Gasteiger partial charge in [-0.1, -0.05) is 13.3 Å². The van der Waals surface area contributed by atoms with Crippen LogP contribution in [0.2, 0.25) is 0 Å². The zero-order chi connectivity index (χ0) is 14.8. The first-order chi connectivity index (χ1) is 10.2. The standard InChI is InChI=1S/C16H18N4O/c1-2-11-4-7-20(8-5-11)15-12-3-6-18-10-14(12)19-16(21)13(15)9-17/h3,6,10-11H,2,4-5,7-8H2,1H3,(H,19,21). The van der Waals surface area contributed by atoms with Gasteiger partial charge in [0.2, 0.25) is 0 Å². The van der Waals surface area contributed by atoms with E-state index in [0.29, 0.717) is 5.52 Å². The summed E-state index contributed by atoms with van der Waals surface area (Å²) in [5, 5.41) is 10.3. The Labute approximate surface area is 123 Å². The van der Waals surface area contributed by atoms with Gasteiger partial charge in [0.15, 0.2) is 0 Å². The smallest absolute Gasteiger partial charge is 0.268 e. The van der Waals surface area contributed by atoms with Crippen LogP contribution in [0.1, 0.15) is 31.7 Å². The van der Waals surface area contributed by atoms with Crippen molar-refractivity contribution in [3.05, 3.63) is 34.4 Å². The van der Waals surface area contributed by atoms with Crippen LogP contribution in [0.25, 0.3) is 10.9 Å². The third kappa shape index (κ3) is 2.38. The molecule has 1 aliphatic heterocycles. The Bertz CT molecular complexity index is 751. The van der Waals surface area contributed by atoms with E-state index in [1.807, 2.05) is 6.07 Å². The molecule has 1 saturated heterocycles. The Hall–Kier alpha value is -2.35. The van der Waals surface area contributed by atoms with Gasteiger partial charge in [0.05, 0.1) is 17.4 Å². The summed E-state index contributed by atoms with van der Waals surface area (Å²) in [5.41, 5.74) is 1.34. The van der Waals surface area contributed by atoms with Crippen LogP contribution in [-0.2, 0) is 0 Å². The van der Waals surface area contributed by atoms with E-state index in [4.69, 9.17) is 0 Å². The van der Waals surface area contributed by atoms with Crippen molar-refractivity contribution in [2.75, 3.05) is 18.0 Å². The summed E-state index contributed by atoms with van der Waals surface area (Å²) in [7, 11) is 0. The number of rotatable bonds is 2. The van der Waals surface area contributed by atoms with Gasteiger partial charge < -0.3 is 9.88 Å². The van der Waals surface area contributed by atoms with Crippen molar-refractivity contribution in [1.82, 2.24) is 9.97 Å². The van der Waals surface area contributed by atoms with Gasteiger partial charge in [-0.3, -0.25) is 9.78 Å². The molecule has 0 bridgehead atoms. The molecule has 3 heterocycles. The zero-order valence-electron chi connectivity index (χ0n) is 12.1. The minimum atomic E-state index is -0.328. The molecule has 1 aliphatic rings. The SMILES string of the molecule is CCC1CCN(c2c(C#N)c(=O)[nH]c3cnccc23)CC1. The van der Waals surface area contributed by atoms with Crippen LogP contribution in [0.3, 0.4) is 0 Å². The van der Waals surface area contributed by atoms with Crippen molar-refractivity contribution in [2.24, 2.45) is 5.92 Å². The van der Waals surface area contributed by atoms with Crippen molar-refractivity contribution >= 4 is 16.6 Å². The third-order valence-electron chi connectivity index (χ3n) is 4.41. The molecule has 2 aromatic rings. The predicted molar refractivity (Wildman–Crippen MR) is 82.3 cm³/mol. The maximum Gasteiger partial charge on any atom is 0.268 e. The van der Waals surface area contributed by atoms with E-state index in [-0.39, 0.29) is 11.1 Å². The lowest BCUT2D eigenvalue weighted by atomic mass is 9.93. The van der Waals surface area contributed by atoms with Crippen molar-refractivity contribution in [1.29, 1.82) is 5.26 Å². The molecule has 2 aromatic heterocycles. The quantitative estimate of drug-likeness (QED) is 0.918. The first kappa shape index (κ1) is 13.6. The van der Waals surface area contributed by atoms with Crippen LogP contribution < -0.4 is 10.5 Å². The Balaban J connectivity index is 2.13. The van der Waals surface area contributed by atoms with Gasteiger partial charge >= 0.3 is 0 Å². The van der Waals surface area contributed by atoms with Gasteiger partial charge in [-0.25, -0.2) is 0 Å². The number of anilines is 1. The summed E-state index contributed by atoms with van der Waals surface area (Å²) in [6, 6.07) is 3.94. The molecule has 5 nitrogen and oxygen atoms in total. The first-order valence-electron chi connectivity index (χ1n) is 7.39. The number of nitrogens with one attached hydrogen (secondary N) is 1. The number of H-pyrrole nitrogens is 1. The molecule has 1 N–H and O–H groups in total. The Morgan fingerprint density at radius 2 is 2.24 bits per heavy atom. The second-order valence-electron chi connectivity index (χ2n) is 5.55. The highest BCUT2D eigenvalue weighted by molar-refractivity contribution is 5.93. The average molecular weight is 282 g/mol. The van der Waals surface area contributed by atoms with Crippen LogP contribution >= 0.6 is 0 Å². The van der Waals surface area contributed by atoms with E-state index < -0.39 is 0 Å². The molecule has 0 atom stereocenters. The monoisotopic (exact) mass is 282 g/mol. The number of nitriles is 1. The Morgan fingerprint density at radius 3 is 2.90 bits per heavy atom. The van der Waals surface area contributed by atoms with E-state index in [2.05, 4.69) is 27.9 Å². The largest absolute Gasteiger partial charge is 0.370 e. The summed E-state index contributed by atoms with van der Waals surface area (Å²) in [6.07, 6.45) is 6.75. The average Bonchev–Trinajstić information content (AvgIpc) is 2.53. The fourth-order valence-electron chi connectivity index (χ4n) is 3.12. The van der Waals surface area contributed by atoms with Crippen molar-refractivity contribution < 1.29 is 0 Å². The lowest BCUT2D eigenvalue weighted by molar-refractivity contribution is 0.395. The first-order valence-corrected chi connectivity index (χ1v) is 7.39. The van der Waals surface area contributed by atoms with E-state index >= 15 is 0 Å². The molecule has 0 spiro atoms. The highest BCUT2D eigenvalue weighted by atomic mass is 16.1. The molecule has 21 heavy (non-hydrogen) atoms. The van der Waals surface area contributed by atoms with E-state index in [0.717, 1.165) is 42.9 Å². The van der Waals surface area contributed by atoms with Gasteiger partial charge in [0.1, 0.15) is 11.6 Å². The van der Waals surface area contributed by atoms with Crippen molar-refractivity contribution in [3.63, 3.8) is 0 Å². The van der Waals surface area contributed by atoms with E-state index in [1.54, 1.807) is 12.4 Å². The van der Waals surface area contributed by atoms with Crippen molar-refractivity contribution in [3.8, 4) is 6.07 Å². The zero-order valence-corrected chi connectivity index (χ0v) is 12.1. The fraction of sp³-hybridized carbons (Fsp3) is 0.438. The summed E-state index contributed by atoms with van der Waals surface area (Å²) >= 11 is 0. The topological polar surface area (TPSA) is 72.8 Å². The lowest BCUT2D eigenvalue weighted by Crippen LogP contribution is -2.35. The van der Waals surface area contributed by atoms with Crippen LogP contribution in [0.5, 0.6) is 0 Å². The highest BCUT2D eigenvalue weighted by Gasteiger charge is 2.23. The second kappa shape index (κ2) is 5.57. The molecule has 0 aliphatic carbocycles. The molecule has 5 heteroatoms. The number of aromatic nitrogens is 2. The van der Waals surface area contributed by atoms with E-state index in [9.17, 15) is 10.1 Å². The van der Waals surface area contributed by atoms with Crippen LogP contribution in [0, 0.1) is 17.2 Å². The third-order valence-corrected chi connectivity index (χ3v) is 4.41. The number of piperidine rings is 1. The van der Waals surface area contributed by atoms with Crippen LogP contribution in [-0.4, -0.2) is 23.1 Å². The molecular formula is C16H18N4O. The number of hydrogen-bond donors (Lipinski definition) is 1. The maximum absolute atomic E-state index is 12.1. The van der Waals surface area contributed by atoms with Gasteiger partial charge in [0.25, 0.3) is 5.56 Å². The maximum atomic E-state index is 12.1. The Kier molecular flexibility index (Phi) is 3.61. The molecule has 0 saturated carbocycles. The number of aromatic amines is 1. The molecule has 108 valence electrons. The minimum Gasteiger partial charge on any atom is -0.370 e. The molecule has 0 aromatic carbocycles. The number of hydrogen-bond acceptors (Lipinski definition) is 4. The van der Waals surface area contributed by atoms with Gasteiger partial charge in [-0.2, -0.15) is 5.26 Å². The summed E-state index contributed by atoms with van der Waals surface area (Å²) in [4.78, 5) is 21.1. The van der Waals surface area contributed by atoms with Crippen LogP contribution in [0.15, 0.2) is 23.3 Å². The molecule has 3 rings (SSSR count). The number of nitrogens with zero attached hydrogens (tertiary/aromatic N) is 3. The molecule has 1 fully saturated rings. The minimum absolute atomic E-state index is 0.212. The summed E-state index contributed by atoms with van der Waals surface area (Å²) in [6.45, 7) is 4.01. The number of fused-ring (bicyclic) bond motifs is 1. The molecular weight excluding hydrogens is 264 g/mol. The van der Waals surface area contributed by atoms with E-state index in [1.165, 1.54) is 6.42 Å². The molecule has 0 unspecified atom stereocenters. The normalized spacial score (nSPS) is 16.1. The number of pyridine rings is 2. The second-order valence-corrected chi connectivity index (χ2v) is 5.55. The van der Waals surface area contributed by atoms with Crippen LogP contribution in [0.4, 0.5) is 5.69 Å². The summed E-state index contributed by atoms with van der Waals surface area (Å²) in [5.74, 6) is 0.752. The molecule has 0 radical (unpaired) electrons. The lowest BCUT2D eigenvalue weighted by Gasteiger charge is -2.34. The van der Waals surface area contributed by atoms with Gasteiger partial charge in [-0.15, -0.1) is 0 Å². The van der Waals surface area contributed by atoms with Gasteiger partial charge in [-0.05, 0) is 24.8 Å². The highest BCUT2D eigenvalue weighted by Crippen LogP contribution is 2.31. The van der Waals surface area contributed by atoms with Gasteiger partial charge in [0, 0.05) is 24.7 Å². The fourth-order valence-corrected chi connectivity index (χ4v) is 3.12. The predicted octanol–water partition coefficient (Wildman–Crippen LogP) is 2.42. The van der Waals surface area contributed by atoms with Crippen molar-refractivity contribution in [2.45, 2.75) is 26.2 Å². The summed E-state index contributed by atoms with van der Waals surface area (Å²) < 4.78 is 0. The molecule has 0 amide bonds. The Morgan fingerprint density at radius 1 is 1.48 bits per heavy atom.